The second-order valence-corrected chi connectivity index (χ2v) is 11.4. The van der Waals surface area contributed by atoms with Crippen LogP contribution in [0.1, 0.15) is 19.8 Å². The third-order valence-electron chi connectivity index (χ3n) is 6.21. The summed E-state index contributed by atoms with van der Waals surface area (Å²) in [6.07, 6.45) is 4.05. The zero-order valence-corrected chi connectivity index (χ0v) is 26.6. The summed E-state index contributed by atoms with van der Waals surface area (Å²) in [7, 11) is 0. The average molecular weight is 647 g/mol. The van der Waals surface area contributed by atoms with Crippen LogP contribution in [0.15, 0.2) is 100 Å². The van der Waals surface area contributed by atoms with Gasteiger partial charge in [-0.1, -0.05) is 35.8 Å². The molecule has 0 saturated heterocycles. The van der Waals surface area contributed by atoms with Gasteiger partial charge in [-0.05, 0) is 80.4 Å². The summed E-state index contributed by atoms with van der Waals surface area (Å²) < 4.78 is 17.1. The fourth-order valence-corrected chi connectivity index (χ4v) is 5.71. The van der Waals surface area contributed by atoms with E-state index in [2.05, 4.69) is 43.5 Å². The summed E-state index contributed by atoms with van der Waals surface area (Å²) in [5, 5.41) is 18.6. The topological polar surface area (TPSA) is 127 Å². The summed E-state index contributed by atoms with van der Waals surface area (Å²) in [5.74, 6) is 0.210. The van der Waals surface area contributed by atoms with E-state index in [1.807, 2.05) is 61.5 Å². The summed E-state index contributed by atoms with van der Waals surface area (Å²) in [4.78, 5) is 29.9. The zero-order chi connectivity index (χ0) is 31.9. The predicted octanol–water partition coefficient (Wildman–Crippen LogP) is 8.67. The molecule has 0 radical (unpaired) electrons. The van der Waals surface area contributed by atoms with Gasteiger partial charge in [0.05, 0.1) is 29.2 Å². The third-order valence-corrected chi connectivity index (χ3v) is 8.14. The van der Waals surface area contributed by atoms with E-state index in [0.717, 1.165) is 51.4 Å². The Balaban J connectivity index is 1.22. The number of ketones is 1. The third kappa shape index (κ3) is 10.8. The van der Waals surface area contributed by atoms with Gasteiger partial charge in [0, 0.05) is 24.9 Å². The van der Waals surface area contributed by atoms with E-state index in [1.165, 1.54) is 28.7 Å². The number of esters is 1. The lowest BCUT2D eigenvalue weighted by Crippen LogP contribution is -2.27. The van der Waals surface area contributed by atoms with E-state index >= 15 is 0 Å². The van der Waals surface area contributed by atoms with Gasteiger partial charge in [0.25, 0.3) is 0 Å². The number of hydrogen-bond acceptors (Lipinski definition) is 13. The molecule has 45 heavy (non-hydrogen) atoms. The van der Waals surface area contributed by atoms with E-state index in [0.29, 0.717) is 36.3 Å². The number of rotatable bonds is 19. The second kappa shape index (κ2) is 17.6. The molecule has 2 aromatic carbocycles. The monoisotopic (exact) mass is 646 g/mol. The molecule has 0 saturated carbocycles. The van der Waals surface area contributed by atoms with Gasteiger partial charge < -0.3 is 19.1 Å². The number of hydrogen-bond donors (Lipinski definition) is 0. The predicted molar refractivity (Wildman–Crippen MR) is 179 cm³/mol. The Morgan fingerprint density at radius 1 is 0.889 bits per heavy atom. The number of aromatic nitrogens is 1. The number of carbonyl (C=O) groups excluding carboxylic acids is 2. The van der Waals surface area contributed by atoms with Crippen LogP contribution < -0.4 is 9.64 Å². The molecule has 0 spiro atoms. The molecule has 0 aliphatic heterocycles. The lowest BCUT2D eigenvalue weighted by Gasteiger charge is -2.22. The normalized spacial score (nSPS) is 11.3. The summed E-state index contributed by atoms with van der Waals surface area (Å²) >= 11 is 2.88. The molecule has 2 heterocycles. The largest absolute Gasteiger partial charge is 0.494 e. The maximum absolute atomic E-state index is 11.3. The van der Waals surface area contributed by atoms with Crippen molar-refractivity contribution in [3.8, 4) is 5.75 Å². The van der Waals surface area contributed by atoms with Gasteiger partial charge >= 0.3 is 5.97 Å². The summed E-state index contributed by atoms with van der Waals surface area (Å²) in [5.41, 5.74) is 2.42. The number of carbonyl (C=O) groups is 2. The van der Waals surface area contributed by atoms with Gasteiger partial charge in [0.2, 0.25) is 5.13 Å². The fourth-order valence-electron chi connectivity index (χ4n) is 3.86. The first kappa shape index (κ1) is 33.3. The Kier molecular flexibility index (Phi) is 13.1. The van der Waals surface area contributed by atoms with Crippen molar-refractivity contribution in [2.45, 2.75) is 19.8 Å². The Morgan fingerprint density at radius 3 is 2.29 bits per heavy atom. The van der Waals surface area contributed by atoms with E-state index < -0.39 is 5.97 Å². The van der Waals surface area contributed by atoms with Crippen LogP contribution in [-0.2, 0) is 19.1 Å². The van der Waals surface area contributed by atoms with Gasteiger partial charge in [0.15, 0.2) is 5.78 Å². The van der Waals surface area contributed by atoms with Crippen LogP contribution in [0.2, 0.25) is 0 Å². The highest BCUT2D eigenvalue weighted by molar-refractivity contribution is 7.30. The van der Waals surface area contributed by atoms with Gasteiger partial charge in [-0.2, -0.15) is 0 Å². The first-order valence-electron chi connectivity index (χ1n) is 14.3. The van der Waals surface area contributed by atoms with Crippen LogP contribution in [0.3, 0.4) is 0 Å². The molecule has 0 bridgehead atoms. The molecular formula is C32H34N6O5S2. The highest BCUT2D eigenvalue weighted by Crippen LogP contribution is 2.39. The number of azo groups is 2. The zero-order valence-electron chi connectivity index (χ0n) is 25.0. The quantitative estimate of drug-likeness (QED) is 0.0431. The highest BCUT2D eigenvalue weighted by Gasteiger charge is 2.09. The van der Waals surface area contributed by atoms with Gasteiger partial charge in [-0.15, -0.1) is 20.5 Å². The molecule has 11 nitrogen and oxygen atoms in total. The molecule has 0 amide bonds. The van der Waals surface area contributed by atoms with Crippen LogP contribution in [0.25, 0.3) is 9.53 Å². The molecule has 0 N–H and O–H groups in total. The Labute approximate surface area is 269 Å². The van der Waals surface area contributed by atoms with Crippen molar-refractivity contribution in [1.82, 2.24) is 4.98 Å². The molecule has 234 valence electrons. The summed E-state index contributed by atoms with van der Waals surface area (Å²) in [6, 6.07) is 17.1. The van der Waals surface area contributed by atoms with Crippen molar-refractivity contribution >= 4 is 71.2 Å². The smallest absolute Gasteiger partial charge is 0.330 e. The van der Waals surface area contributed by atoms with Crippen molar-refractivity contribution in [1.29, 1.82) is 0 Å². The number of thiazole rings is 1. The lowest BCUT2D eigenvalue weighted by atomic mass is 10.2. The van der Waals surface area contributed by atoms with Crippen molar-refractivity contribution in [2.24, 2.45) is 20.5 Å². The fraction of sp³-hybridized carbons (Fsp3) is 0.281. The van der Waals surface area contributed by atoms with Crippen LogP contribution in [0, 0.1) is 0 Å². The van der Waals surface area contributed by atoms with Gasteiger partial charge in [0.1, 0.15) is 28.8 Å². The molecule has 0 aliphatic carbocycles. The van der Waals surface area contributed by atoms with Crippen LogP contribution >= 0.6 is 22.7 Å². The number of nitrogens with zero attached hydrogens (tertiary/aromatic N) is 6. The number of benzene rings is 2. The van der Waals surface area contributed by atoms with Gasteiger partial charge in [-0.25, -0.2) is 9.78 Å². The van der Waals surface area contributed by atoms with E-state index in [9.17, 15) is 9.59 Å². The Morgan fingerprint density at radius 2 is 1.60 bits per heavy atom. The maximum atomic E-state index is 11.3. The average Bonchev–Trinajstić information content (AvgIpc) is 3.63. The number of likely N-dealkylation sites (N-methyl/N-ethyl adjacent to an activating group) is 1. The first-order valence-corrected chi connectivity index (χ1v) is 15.9. The second-order valence-electron chi connectivity index (χ2n) is 9.39. The van der Waals surface area contributed by atoms with Crippen LogP contribution in [0.4, 0.5) is 27.2 Å². The number of unbranched alkanes of at least 4 members (excludes halogenated alkanes) is 1. The minimum atomic E-state index is -0.426. The molecule has 0 aliphatic rings. The van der Waals surface area contributed by atoms with Gasteiger partial charge in [-0.3, -0.25) is 4.79 Å². The minimum Gasteiger partial charge on any atom is -0.494 e. The van der Waals surface area contributed by atoms with E-state index in [-0.39, 0.29) is 19.0 Å². The number of thiophene rings is 1. The van der Waals surface area contributed by atoms with E-state index in [4.69, 9.17) is 14.2 Å². The summed E-state index contributed by atoms with van der Waals surface area (Å²) in [6.45, 7) is 11.6. The molecule has 13 heteroatoms. The lowest BCUT2D eigenvalue weighted by molar-refractivity contribution is -0.137. The number of ether oxygens (including phenoxy) is 3. The molecule has 2 aromatic heterocycles. The number of fused-ring (bicyclic) bond motifs is 1. The van der Waals surface area contributed by atoms with Crippen LogP contribution in [0.5, 0.6) is 5.75 Å². The minimum absolute atomic E-state index is 0.0738. The number of anilines is 1. The van der Waals surface area contributed by atoms with E-state index in [1.54, 1.807) is 0 Å². The molecule has 0 atom stereocenters. The van der Waals surface area contributed by atoms with Crippen molar-refractivity contribution in [2.75, 3.05) is 44.4 Å². The molecule has 4 aromatic rings. The first-order chi connectivity index (χ1) is 22.0. The highest BCUT2D eigenvalue weighted by atomic mass is 32.1. The molecule has 4 rings (SSSR count). The van der Waals surface area contributed by atoms with Crippen LogP contribution in [-0.4, -0.2) is 56.3 Å². The standard InChI is InChI=1S/C32H34N6O5S2/c1-4-26(39)22-41-18-7-8-19-42-27-15-11-24(12-16-27)34-36-29-21-28-31(45-29)33-32(44-28)37-35-23-9-13-25(14-10-23)38(6-3)17-20-43-30(40)5-2/h4-5,9-16,21H,1-2,6-8,17-20,22H2,3H3. The van der Waals surface area contributed by atoms with Crippen molar-refractivity contribution < 1.29 is 23.8 Å². The Hall–Kier alpha value is -4.59. The van der Waals surface area contributed by atoms with Crippen molar-refractivity contribution in [3.63, 3.8) is 0 Å². The SMILES string of the molecule is C=CC(=O)COCCCCOc1ccc(N=Nc2cc3sc(N=Nc4ccc(N(CC)CCOC(=O)C=C)cc4)nc3s2)cc1. The molecular weight excluding hydrogens is 613 g/mol. The van der Waals surface area contributed by atoms with Crippen molar-refractivity contribution in [3.05, 3.63) is 79.9 Å². The molecule has 0 unspecified atom stereocenters. The molecule has 0 fully saturated rings. The Bertz CT molecular complexity index is 1600. The maximum Gasteiger partial charge on any atom is 0.330 e.